The molecule has 1 amide bonds. The number of amides is 1. The molecule has 2 aromatic carbocycles. The van der Waals surface area contributed by atoms with E-state index in [1.54, 1.807) is 0 Å². The number of para-hydroxylation sites is 1. The van der Waals surface area contributed by atoms with Gasteiger partial charge in [0.15, 0.2) is 11.6 Å². The van der Waals surface area contributed by atoms with E-state index in [0.29, 0.717) is 18.8 Å². The zero-order chi connectivity index (χ0) is 22.2. The van der Waals surface area contributed by atoms with E-state index < -0.39 is 29.7 Å². The maximum absolute atomic E-state index is 13.4. The molecule has 0 spiro atoms. The van der Waals surface area contributed by atoms with Gasteiger partial charge in [0.2, 0.25) is 0 Å². The monoisotopic (exact) mass is 438 g/mol. The van der Waals surface area contributed by atoms with Gasteiger partial charge in [0.25, 0.3) is 5.91 Å². The number of hydrogen-bond donors (Lipinski definition) is 1. The number of fused-ring (bicyclic) bond motifs is 1. The molecule has 0 bridgehead atoms. The number of carbonyl (C=O) groups is 1. The van der Waals surface area contributed by atoms with Crippen molar-refractivity contribution in [2.45, 2.75) is 18.8 Å². The van der Waals surface area contributed by atoms with Crippen LogP contribution in [0.3, 0.4) is 0 Å². The molecule has 1 aromatic heterocycles. The van der Waals surface area contributed by atoms with Gasteiger partial charge in [0.05, 0.1) is 22.8 Å². The molecule has 3 aromatic rings. The molecule has 0 radical (unpaired) electrons. The Bertz CT molecular complexity index is 1140. The summed E-state index contributed by atoms with van der Waals surface area (Å²) in [7, 11) is 0. The summed E-state index contributed by atoms with van der Waals surface area (Å²) in [4.78, 5) is 22.4. The maximum Gasteiger partial charge on any atom is 0.573 e. The summed E-state index contributed by atoms with van der Waals surface area (Å²) in [6.45, 7) is 0.508. The number of benzene rings is 2. The van der Waals surface area contributed by atoms with Crippen LogP contribution in [0.2, 0.25) is 0 Å². The van der Waals surface area contributed by atoms with E-state index in [-0.39, 0.29) is 29.2 Å². The molecule has 4 rings (SSSR count). The van der Waals surface area contributed by atoms with E-state index in [1.165, 1.54) is 29.3 Å². The van der Waals surface area contributed by atoms with Gasteiger partial charge in [-0.15, -0.1) is 13.2 Å². The minimum absolute atomic E-state index is 0.160. The van der Waals surface area contributed by atoms with E-state index in [9.17, 15) is 26.7 Å². The third kappa shape index (κ3) is 4.65. The van der Waals surface area contributed by atoms with Crippen molar-refractivity contribution in [3.05, 3.63) is 59.8 Å². The lowest BCUT2D eigenvalue weighted by Gasteiger charge is -2.19. The summed E-state index contributed by atoms with van der Waals surface area (Å²) in [5, 5.41) is 3.06. The van der Waals surface area contributed by atoms with Crippen molar-refractivity contribution in [1.29, 1.82) is 0 Å². The first-order chi connectivity index (χ1) is 14.7. The minimum Gasteiger partial charge on any atom is -0.405 e. The Labute approximate surface area is 172 Å². The van der Waals surface area contributed by atoms with E-state index in [0.717, 1.165) is 18.2 Å². The molecule has 0 unspecified atom stereocenters. The zero-order valence-corrected chi connectivity index (χ0v) is 15.8. The van der Waals surface area contributed by atoms with Gasteiger partial charge in [-0.05, 0) is 18.6 Å². The van der Waals surface area contributed by atoms with Gasteiger partial charge in [-0.3, -0.25) is 9.78 Å². The Morgan fingerprint density at radius 3 is 2.58 bits per heavy atom. The van der Waals surface area contributed by atoms with Crippen molar-refractivity contribution in [1.82, 2.24) is 14.9 Å². The number of halogens is 5. The molecule has 11 heteroatoms. The highest BCUT2D eigenvalue weighted by atomic mass is 19.4. The molecule has 162 valence electrons. The summed E-state index contributed by atoms with van der Waals surface area (Å²) >= 11 is 0. The summed E-state index contributed by atoms with van der Waals surface area (Å²) in [6.07, 6.45) is -3.05. The zero-order valence-electron chi connectivity index (χ0n) is 15.8. The molecule has 0 aliphatic carbocycles. The van der Waals surface area contributed by atoms with Crippen LogP contribution in [-0.2, 0) is 0 Å². The highest BCUT2D eigenvalue weighted by Gasteiger charge is 2.34. The number of nitrogens with zero attached hydrogens (tertiary/aromatic N) is 3. The molecule has 0 saturated carbocycles. The number of aromatic nitrogens is 2. The normalized spacial score (nSPS) is 16.5. The third-order valence-electron chi connectivity index (χ3n) is 4.75. The Kier molecular flexibility index (Phi) is 5.34. The van der Waals surface area contributed by atoms with E-state index in [4.69, 9.17) is 0 Å². The van der Waals surface area contributed by atoms with Gasteiger partial charge in [-0.2, -0.15) is 0 Å². The number of carbonyl (C=O) groups excluding carboxylic acids is 1. The molecular formula is C20H15F5N4O2. The van der Waals surface area contributed by atoms with Crippen LogP contribution in [0.15, 0.2) is 42.6 Å². The van der Waals surface area contributed by atoms with Crippen LogP contribution < -0.4 is 10.1 Å². The number of ether oxygens (including phenoxy) is 1. The van der Waals surface area contributed by atoms with Gasteiger partial charge in [-0.1, -0.05) is 12.1 Å². The molecule has 1 saturated heterocycles. The first kappa shape index (κ1) is 20.8. The number of anilines is 1. The van der Waals surface area contributed by atoms with Crippen LogP contribution in [0.25, 0.3) is 11.0 Å². The number of likely N-dealkylation sites (tertiary alicyclic amines) is 1. The predicted octanol–water partition coefficient (Wildman–Crippen LogP) is 4.13. The van der Waals surface area contributed by atoms with Gasteiger partial charge >= 0.3 is 6.36 Å². The first-order valence-electron chi connectivity index (χ1n) is 9.22. The fraction of sp³-hybridized carbons (Fsp3) is 0.250. The Morgan fingerprint density at radius 2 is 1.84 bits per heavy atom. The summed E-state index contributed by atoms with van der Waals surface area (Å²) in [5.74, 6) is -2.92. The lowest BCUT2D eigenvalue weighted by Crippen LogP contribution is -2.32. The Hall–Kier alpha value is -3.50. The number of rotatable bonds is 4. The lowest BCUT2D eigenvalue weighted by atomic mass is 10.2. The fourth-order valence-electron chi connectivity index (χ4n) is 3.38. The average Bonchev–Trinajstić information content (AvgIpc) is 3.16. The second-order valence-corrected chi connectivity index (χ2v) is 6.94. The van der Waals surface area contributed by atoms with Crippen LogP contribution in [0, 0.1) is 11.6 Å². The Morgan fingerprint density at radius 1 is 1.13 bits per heavy atom. The van der Waals surface area contributed by atoms with Crippen molar-refractivity contribution in [3.8, 4) is 5.75 Å². The van der Waals surface area contributed by atoms with Crippen molar-refractivity contribution in [3.63, 3.8) is 0 Å². The highest BCUT2D eigenvalue weighted by Crippen LogP contribution is 2.28. The van der Waals surface area contributed by atoms with Crippen LogP contribution in [0.1, 0.15) is 16.8 Å². The van der Waals surface area contributed by atoms with E-state index in [2.05, 4.69) is 20.0 Å². The highest BCUT2D eigenvalue weighted by molar-refractivity contribution is 5.97. The predicted molar refractivity (Wildman–Crippen MR) is 101 cm³/mol. The quantitative estimate of drug-likeness (QED) is 0.621. The third-order valence-corrected chi connectivity index (χ3v) is 4.75. The molecule has 2 heterocycles. The number of alkyl halides is 3. The minimum atomic E-state index is -4.91. The standard InChI is InChI=1S/C20H15F5N4O2/c21-13-7-15-16(8-14(13)22)28-18(9-26-15)27-11-5-6-29(10-11)19(30)12-3-1-2-4-17(12)31-20(23,24)25/h1-4,7-9,11H,5-6,10H2,(H,27,28)/t11-/m1/s1. The first-order valence-corrected chi connectivity index (χ1v) is 9.22. The van der Waals surface area contributed by atoms with Crippen LogP contribution in [-0.4, -0.2) is 46.3 Å². The maximum atomic E-state index is 13.4. The molecule has 1 N–H and O–H groups in total. The molecule has 1 fully saturated rings. The van der Waals surface area contributed by atoms with E-state index in [1.807, 2.05) is 0 Å². The topological polar surface area (TPSA) is 67.3 Å². The average molecular weight is 438 g/mol. The van der Waals surface area contributed by atoms with Gasteiger partial charge < -0.3 is 15.0 Å². The molecule has 1 atom stereocenters. The molecule has 31 heavy (non-hydrogen) atoms. The lowest BCUT2D eigenvalue weighted by molar-refractivity contribution is -0.274. The van der Waals surface area contributed by atoms with E-state index >= 15 is 0 Å². The van der Waals surface area contributed by atoms with Crippen LogP contribution >= 0.6 is 0 Å². The molecule has 6 nitrogen and oxygen atoms in total. The number of hydrogen-bond acceptors (Lipinski definition) is 5. The van der Waals surface area contributed by atoms with Gasteiger partial charge in [0.1, 0.15) is 11.6 Å². The second kappa shape index (κ2) is 7.97. The van der Waals surface area contributed by atoms with Gasteiger partial charge in [-0.25, -0.2) is 13.8 Å². The van der Waals surface area contributed by atoms with Crippen molar-refractivity contribution >= 4 is 22.8 Å². The summed E-state index contributed by atoms with van der Waals surface area (Å²) in [6, 6.07) is 6.78. The summed E-state index contributed by atoms with van der Waals surface area (Å²) in [5.41, 5.74) is 0.158. The van der Waals surface area contributed by atoms with Crippen molar-refractivity contribution in [2.75, 3.05) is 18.4 Å². The van der Waals surface area contributed by atoms with Crippen molar-refractivity contribution in [2.24, 2.45) is 0 Å². The molecule has 1 aliphatic heterocycles. The summed E-state index contributed by atoms with van der Waals surface area (Å²) < 4.78 is 68.5. The largest absolute Gasteiger partial charge is 0.573 e. The van der Waals surface area contributed by atoms with Crippen molar-refractivity contribution < 1.29 is 31.5 Å². The second-order valence-electron chi connectivity index (χ2n) is 6.94. The number of nitrogens with one attached hydrogen (secondary N) is 1. The van der Waals surface area contributed by atoms with Gasteiger partial charge in [0, 0.05) is 31.3 Å². The molecular weight excluding hydrogens is 423 g/mol. The molecule has 1 aliphatic rings. The fourth-order valence-corrected chi connectivity index (χ4v) is 3.38. The van der Waals surface area contributed by atoms with Crippen LogP contribution in [0.4, 0.5) is 27.8 Å². The Balaban J connectivity index is 1.46. The SMILES string of the molecule is O=C(c1ccccc1OC(F)(F)F)N1CC[C@@H](Nc2cnc3cc(F)c(F)cc3n2)C1. The smallest absolute Gasteiger partial charge is 0.405 e. The van der Waals surface area contributed by atoms with Crippen LogP contribution in [0.5, 0.6) is 5.75 Å².